The van der Waals surface area contributed by atoms with Gasteiger partial charge in [0.1, 0.15) is 5.25 Å². The van der Waals surface area contributed by atoms with Crippen LogP contribution in [0.3, 0.4) is 0 Å². The number of nitrogens with one attached hydrogen (secondary N) is 1. The number of halogens is 1. The van der Waals surface area contributed by atoms with Gasteiger partial charge in [-0.2, -0.15) is 10.1 Å². The topological polar surface area (TPSA) is 74.1 Å². The van der Waals surface area contributed by atoms with Crippen molar-refractivity contribution in [1.82, 2.24) is 5.01 Å². The Labute approximate surface area is 219 Å². The molecule has 8 heteroatoms. The molecule has 2 heterocycles. The lowest BCUT2D eigenvalue weighted by atomic mass is 9.97. The Morgan fingerprint density at radius 1 is 1.06 bits per heavy atom. The highest BCUT2D eigenvalue weighted by Gasteiger charge is 2.39. The Balaban J connectivity index is 1.35. The highest BCUT2D eigenvalue weighted by molar-refractivity contribution is 8.15. The van der Waals surface area contributed by atoms with Crippen LogP contribution in [0.2, 0.25) is 5.02 Å². The van der Waals surface area contributed by atoms with Crippen LogP contribution in [0.1, 0.15) is 42.5 Å². The summed E-state index contributed by atoms with van der Waals surface area (Å²) in [5.74, 6) is -0.611. The largest absolute Gasteiger partial charge is 0.325 e. The van der Waals surface area contributed by atoms with E-state index in [0.29, 0.717) is 22.3 Å². The van der Waals surface area contributed by atoms with E-state index in [-0.39, 0.29) is 24.3 Å². The number of rotatable bonds is 6. The van der Waals surface area contributed by atoms with E-state index >= 15 is 0 Å². The number of hydrazone groups is 1. The van der Waals surface area contributed by atoms with Crippen molar-refractivity contribution in [2.75, 3.05) is 5.32 Å². The molecule has 0 aliphatic carbocycles. The Hall–Kier alpha value is -3.42. The van der Waals surface area contributed by atoms with E-state index < -0.39 is 5.25 Å². The molecule has 182 valence electrons. The first-order valence-corrected chi connectivity index (χ1v) is 13.1. The van der Waals surface area contributed by atoms with Gasteiger partial charge in [-0.25, -0.2) is 5.01 Å². The van der Waals surface area contributed by atoms with Gasteiger partial charge in [0.2, 0.25) is 5.91 Å². The lowest BCUT2D eigenvalue weighted by molar-refractivity contribution is -0.121. The van der Waals surface area contributed by atoms with Gasteiger partial charge in [-0.05, 0) is 35.2 Å². The zero-order valence-electron chi connectivity index (χ0n) is 19.7. The Bertz CT molecular complexity index is 1340. The molecule has 0 spiro atoms. The lowest BCUT2D eigenvalue weighted by Gasteiger charge is -2.23. The quantitative estimate of drug-likeness (QED) is 0.431. The number of aliphatic imine (C=N–C) groups is 1. The van der Waals surface area contributed by atoms with Gasteiger partial charge in [-0.15, -0.1) is 0 Å². The van der Waals surface area contributed by atoms with E-state index in [9.17, 15) is 9.59 Å². The van der Waals surface area contributed by atoms with Crippen molar-refractivity contribution in [2.45, 2.75) is 37.5 Å². The molecule has 0 radical (unpaired) electrons. The molecule has 0 unspecified atom stereocenters. The normalized spacial score (nSPS) is 19.3. The summed E-state index contributed by atoms with van der Waals surface area (Å²) in [5, 5.41) is 9.89. The Kier molecular flexibility index (Phi) is 7.20. The molecule has 0 aromatic heterocycles. The Morgan fingerprint density at radius 2 is 1.78 bits per heavy atom. The number of benzene rings is 3. The molecule has 0 saturated heterocycles. The first-order valence-electron chi connectivity index (χ1n) is 11.9. The first kappa shape index (κ1) is 24.3. The van der Waals surface area contributed by atoms with E-state index in [1.807, 2.05) is 35.3 Å². The number of anilines is 1. The average Bonchev–Trinajstić information content (AvgIpc) is 3.50. The summed E-state index contributed by atoms with van der Waals surface area (Å²) in [7, 11) is 0. The fourth-order valence-corrected chi connectivity index (χ4v) is 5.51. The van der Waals surface area contributed by atoms with Crippen molar-refractivity contribution in [1.29, 1.82) is 0 Å². The molecule has 36 heavy (non-hydrogen) atoms. The molecular weight excluding hydrogens is 492 g/mol. The van der Waals surface area contributed by atoms with Crippen molar-refractivity contribution in [3.63, 3.8) is 0 Å². The number of amides is 2. The SMILES string of the molecule is CCc1ccc([C@@H]2CC(c3ccccc3)=NN2C2=NC(=O)[C@H](CC(=O)Nc3ccccc3Cl)S2)cc1. The third-order valence-electron chi connectivity index (χ3n) is 6.23. The van der Waals surface area contributed by atoms with Crippen LogP contribution >= 0.6 is 23.4 Å². The summed E-state index contributed by atoms with van der Waals surface area (Å²) in [5.41, 5.74) is 4.88. The van der Waals surface area contributed by atoms with Crippen LogP contribution in [-0.4, -0.2) is 33.0 Å². The number of hydrogen-bond acceptors (Lipinski definition) is 5. The number of hydrogen-bond donors (Lipinski definition) is 1. The zero-order chi connectivity index (χ0) is 25.1. The summed E-state index contributed by atoms with van der Waals surface area (Å²) in [6.45, 7) is 2.13. The van der Waals surface area contributed by atoms with Crippen molar-refractivity contribution >= 4 is 51.7 Å². The molecule has 2 aliphatic rings. The summed E-state index contributed by atoms with van der Waals surface area (Å²) in [6.07, 6.45) is 1.66. The van der Waals surface area contributed by atoms with E-state index in [4.69, 9.17) is 16.7 Å². The second-order valence-corrected chi connectivity index (χ2v) is 10.2. The molecule has 2 aliphatic heterocycles. The predicted molar refractivity (Wildman–Crippen MR) is 147 cm³/mol. The molecule has 6 nitrogen and oxygen atoms in total. The van der Waals surface area contributed by atoms with Crippen molar-refractivity contribution < 1.29 is 9.59 Å². The summed E-state index contributed by atoms with van der Waals surface area (Å²) in [4.78, 5) is 29.8. The minimum absolute atomic E-state index is 0.000678. The van der Waals surface area contributed by atoms with E-state index in [0.717, 1.165) is 23.3 Å². The fourth-order valence-electron chi connectivity index (χ4n) is 4.26. The molecule has 0 fully saturated rings. The van der Waals surface area contributed by atoms with Crippen LogP contribution in [0.15, 0.2) is 89.0 Å². The maximum Gasteiger partial charge on any atom is 0.262 e. The number of carbonyl (C=O) groups excluding carboxylic acids is 2. The van der Waals surface area contributed by atoms with Crippen LogP contribution in [-0.2, 0) is 16.0 Å². The van der Waals surface area contributed by atoms with Crippen LogP contribution in [0.25, 0.3) is 0 Å². The molecular formula is C28H25ClN4O2S. The van der Waals surface area contributed by atoms with Crippen LogP contribution < -0.4 is 5.32 Å². The van der Waals surface area contributed by atoms with Gasteiger partial charge in [0.05, 0.1) is 22.5 Å². The lowest BCUT2D eigenvalue weighted by Crippen LogP contribution is -2.25. The Morgan fingerprint density at radius 3 is 2.50 bits per heavy atom. The average molecular weight is 517 g/mol. The molecule has 5 rings (SSSR count). The first-order chi connectivity index (χ1) is 17.5. The fraction of sp³-hybridized carbons (Fsp3) is 0.214. The van der Waals surface area contributed by atoms with E-state index in [2.05, 4.69) is 41.5 Å². The monoisotopic (exact) mass is 516 g/mol. The van der Waals surface area contributed by atoms with Crippen molar-refractivity contribution in [2.24, 2.45) is 10.1 Å². The third kappa shape index (κ3) is 5.22. The van der Waals surface area contributed by atoms with Gasteiger partial charge < -0.3 is 5.32 Å². The molecule has 3 aromatic carbocycles. The smallest absolute Gasteiger partial charge is 0.262 e. The van der Waals surface area contributed by atoms with Gasteiger partial charge in [0.15, 0.2) is 5.17 Å². The minimum Gasteiger partial charge on any atom is -0.325 e. The molecule has 0 saturated carbocycles. The zero-order valence-corrected chi connectivity index (χ0v) is 21.3. The summed E-state index contributed by atoms with van der Waals surface area (Å²) < 4.78 is 0. The van der Waals surface area contributed by atoms with Crippen LogP contribution in [0.5, 0.6) is 0 Å². The summed E-state index contributed by atoms with van der Waals surface area (Å²) >= 11 is 7.44. The van der Waals surface area contributed by atoms with Gasteiger partial charge in [0, 0.05) is 12.8 Å². The number of amidine groups is 1. The molecule has 1 N–H and O–H groups in total. The highest BCUT2D eigenvalue weighted by Crippen LogP contribution is 2.38. The second-order valence-electron chi connectivity index (χ2n) is 8.64. The maximum absolute atomic E-state index is 12.8. The number of thioether (sulfide) groups is 1. The predicted octanol–water partition coefficient (Wildman–Crippen LogP) is 6.08. The number of nitrogens with zero attached hydrogens (tertiary/aromatic N) is 3. The molecule has 2 amide bonds. The van der Waals surface area contributed by atoms with Gasteiger partial charge >= 0.3 is 0 Å². The second kappa shape index (κ2) is 10.7. The van der Waals surface area contributed by atoms with E-state index in [1.54, 1.807) is 24.3 Å². The van der Waals surface area contributed by atoms with E-state index in [1.165, 1.54) is 17.3 Å². The third-order valence-corrected chi connectivity index (χ3v) is 7.71. The van der Waals surface area contributed by atoms with Crippen molar-refractivity contribution in [3.8, 4) is 0 Å². The van der Waals surface area contributed by atoms with Crippen LogP contribution in [0.4, 0.5) is 5.69 Å². The number of carbonyl (C=O) groups is 2. The van der Waals surface area contributed by atoms with Gasteiger partial charge in [0.25, 0.3) is 5.91 Å². The minimum atomic E-state index is -0.610. The number of aryl methyl sites for hydroxylation is 1. The highest BCUT2D eigenvalue weighted by atomic mass is 35.5. The molecule has 3 aromatic rings. The standard InChI is InChI=1S/C28H25ClN4O2S/c1-2-18-12-14-20(15-13-18)24-16-23(19-8-4-3-5-9-19)32-33(24)28-31-27(35)25(36-28)17-26(34)30-22-11-7-6-10-21(22)29/h3-15,24-25H,2,16-17H2,1H3,(H,30,34)/t24-,25-/m0/s1. The van der Waals surface area contributed by atoms with Crippen LogP contribution in [0, 0.1) is 0 Å². The van der Waals surface area contributed by atoms with Gasteiger partial charge in [-0.1, -0.05) is 97.0 Å². The van der Waals surface area contributed by atoms with Crippen molar-refractivity contribution in [3.05, 3.63) is 101 Å². The molecule has 2 atom stereocenters. The molecule has 0 bridgehead atoms. The maximum atomic E-state index is 12.8. The van der Waals surface area contributed by atoms with Gasteiger partial charge in [-0.3, -0.25) is 9.59 Å². The summed E-state index contributed by atoms with van der Waals surface area (Å²) in [6, 6.07) is 25.5. The number of para-hydroxylation sites is 1.